The summed E-state index contributed by atoms with van der Waals surface area (Å²) in [5.74, 6) is 0. The summed E-state index contributed by atoms with van der Waals surface area (Å²) in [7, 11) is 0. The molecule has 8 heavy (non-hydrogen) atoms. The number of hydrogen-bond acceptors (Lipinski definition) is 4. The Labute approximate surface area is 48.5 Å². The lowest BCUT2D eigenvalue weighted by Crippen LogP contribution is -2.43. The van der Waals surface area contributed by atoms with Crippen LogP contribution < -0.4 is 11.0 Å². The quantitative estimate of drug-likeness (QED) is 0.490. The highest BCUT2D eigenvalue weighted by Crippen LogP contribution is 1.89. The van der Waals surface area contributed by atoms with Crippen molar-refractivity contribution in [3.8, 4) is 0 Å². The van der Waals surface area contributed by atoms with E-state index in [1.54, 1.807) is 11.5 Å². The third-order valence-corrected chi connectivity index (χ3v) is 0.943. The SMILES string of the molecule is CC(C)N1NC=NN1. The van der Waals surface area contributed by atoms with Crippen LogP contribution in [-0.4, -0.2) is 17.5 Å². The van der Waals surface area contributed by atoms with Crippen LogP contribution in [-0.2, 0) is 0 Å². The minimum Gasteiger partial charge on any atom is -0.288 e. The third kappa shape index (κ3) is 0.894. The molecule has 4 nitrogen and oxygen atoms in total. The Bertz CT molecular complexity index is 90.2. The average molecular weight is 114 g/mol. The van der Waals surface area contributed by atoms with Crippen molar-refractivity contribution in [2.75, 3.05) is 0 Å². The molecule has 1 rings (SSSR count). The fraction of sp³-hybridized carbons (Fsp3) is 0.750. The molecule has 1 aliphatic rings. The molecule has 0 saturated carbocycles. The van der Waals surface area contributed by atoms with Crippen molar-refractivity contribution >= 4 is 6.34 Å². The Kier molecular flexibility index (Phi) is 1.34. The zero-order chi connectivity index (χ0) is 5.98. The molecule has 0 aromatic carbocycles. The van der Waals surface area contributed by atoms with Gasteiger partial charge < -0.3 is 0 Å². The van der Waals surface area contributed by atoms with Crippen LogP contribution in [0.5, 0.6) is 0 Å². The Balaban J connectivity index is 2.29. The number of hydrazine groups is 2. The van der Waals surface area contributed by atoms with E-state index in [2.05, 4.69) is 29.9 Å². The Morgan fingerprint density at radius 3 is 2.62 bits per heavy atom. The molecule has 0 atom stereocenters. The molecule has 0 radical (unpaired) electrons. The molecule has 0 aromatic heterocycles. The number of nitrogens with zero attached hydrogens (tertiary/aromatic N) is 2. The van der Waals surface area contributed by atoms with Gasteiger partial charge in [0.2, 0.25) is 0 Å². The fourth-order valence-corrected chi connectivity index (χ4v) is 0.476. The van der Waals surface area contributed by atoms with Crippen molar-refractivity contribution in [2.24, 2.45) is 5.10 Å². The van der Waals surface area contributed by atoms with Crippen LogP contribution in [0.2, 0.25) is 0 Å². The molecular weight excluding hydrogens is 104 g/mol. The predicted molar refractivity (Wildman–Crippen MR) is 31.7 cm³/mol. The second kappa shape index (κ2) is 2.00. The maximum Gasteiger partial charge on any atom is 0.126 e. The summed E-state index contributed by atoms with van der Waals surface area (Å²) in [5.41, 5.74) is 5.63. The topological polar surface area (TPSA) is 39.7 Å². The molecule has 0 saturated heterocycles. The normalized spacial score (nSPS) is 18.9. The Morgan fingerprint density at radius 2 is 2.38 bits per heavy atom. The summed E-state index contributed by atoms with van der Waals surface area (Å²) in [4.78, 5) is 0. The van der Waals surface area contributed by atoms with E-state index >= 15 is 0 Å². The molecule has 2 N–H and O–H groups in total. The fourth-order valence-electron chi connectivity index (χ4n) is 0.476. The number of nitrogens with one attached hydrogen (secondary N) is 2. The summed E-state index contributed by atoms with van der Waals surface area (Å²) >= 11 is 0. The molecule has 4 heteroatoms. The van der Waals surface area contributed by atoms with Crippen molar-refractivity contribution < 1.29 is 0 Å². The summed E-state index contributed by atoms with van der Waals surface area (Å²) < 4.78 is 0. The maximum atomic E-state index is 3.73. The van der Waals surface area contributed by atoms with Gasteiger partial charge in [0.1, 0.15) is 6.34 Å². The van der Waals surface area contributed by atoms with Crippen LogP contribution in [0.25, 0.3) is 0 Å². The van der Waals surface area contributed by atoms with Gasteiger partial charge in [-0.25, -0.2) is 5.53 Å². The average Bonchev–Trinajstić information content (AvgIpc) is 2.12. The standard InChI is InChI=1S/C4H10N4/c1-4(2)8-6-3-5-7-8/h3-4,7H,1-2H3,(H,5,6). The van der Waals surface area contributed by atoms with Gasteiger partial charge in [0, 0.05) is 6.04 Å². The van der Waals surface area contributed by atoms with Crippen LogP contribution in [0.4, 0.5) is 0 Å². The lowest BCUT2D eigenvalue weighted by Gasteiger charge is -2.17. The van der Waals surface area contributed by atoms with Crippen LogP contribution >= 0.6 is 0 Å². The van der Waals surface area contributed by atoms with Crippen molar-refractivity contribution in [3.05, 3.63) is 0 Å². The van der Waals surface area contributed by atoms with Crippen molar-refractivity contribution in [3.63, 3.8) is 0 Å². The lowest BCUT2D eigenvalue weighted by molar-refractivity contribution is 0.134. The number of hydrazone groups is 1. The summed E-state index contributed by atoms with van der Waals surface area (Å²) in [6, 6.07) is 0.428. The first-order chi connectivity index (χ1) is 3.80. The van der Waals surface area contributed by atoms with Crippen LogP contribution in [0.1, 0.15) is 13.8 Å². The Hall–Kier alpha value is -0.770. The second-order valence-electron chi connectivity index (χ2n) is 1.95. The van der Waals surface area contributed by atoms with E-state index in [-0.39, 0.29) is 0 Å². The molecule has 0 amide bonds. The maximum absolute atomic E-state index is 3.73. The van der Waals surface area contributed by atoms with E-state index in [9.17, 15) is 0 Å². The van der Waals surface area contributed by atoms with Crippen molar-refractivity contribution in [2.45, 2.75) is 19.9 Å². The van der Waals surface area contributed by atoms with Gasteiger partial charge in [-0.1, -0.05) is 0 Å². The van der Waals surface area contributed by atoms with Gasteiger partial charge in [-0.3, -0.25) is 5.43 Å². The van der Waals surface area contributed by atoms with E-state index in [4.69, 9.17) is 0 Å². The zero-order valence-electron chi connectivity index (χ0n) is 5.05. The van der Waals surface area contributed by atoms with Gasteiger partial charge in [0.05, 0.1) is 0 Å². The molecular formula is C4H10N4. The van der Waals surface area contributed by atoms with E-state index in [1.807, 2.05) is 0 Å². The minimum absolute atomic E-state index is 0.428. The zero-order valence-corrected chi connectivity index (χ0v) is 5.05. The van der Waals surface area contributed by atoms with Gasteiger partial charge in [-0.15, -0.1) is 5.12 Å². The first kappa shape index (κ1) is 5.37. The van der Waals surface area contributed by atoms with Crippen LogP contribution in [0.3, 0.4) is 0 Å². The Morgan fingerprint density at radius 1 is 1.62 bits per heavy atom. The van der Waals surface area contributed by atoms with E-state index in [0.29, 0.717) is 6.04 Å². The summed E-state index contributed by atoms with van der Waals surface area (Å²) in [6.45, 7) is 4.13. The molecule has 0 unspecified atom stereocenters. The largest absolute Gasteiger partial charge is 0.288 e. The van der Waals surface area contributed by atoms with Crippen LogP contribution in [0, 0.1) is 0 Å². The molecule has 0 aliphatic carbocycles. The first-order valence-electron chi connectivity index (χ1n) is 2.63. The molecule has 1 aliphatic heterocycles. The van der Waals surface area contributed by atoms with E-state index < -0.39 is 0 Å². The van der Waals surface area contributed by atoms with Crippen molar-refractivity contribution in [1.29, 1.82) is 0 Å². The molecule has 1 heterocycles. The van der Waals surface area contributed by atoms with E-state index in [0.717, 1.165) is 0 Å². The molecule has 0 bridgehead atoms. The van der Waals surface area contributed by atoms with Gasteiger partial charge in [0.25, 0.3) is 0 Å². The van der Waals surface area contributed by atoms with Gasteiger partial charge in [-0.05, 0) is 13.8 Å². The van der Waals surface area contributed by atoms with Gasteiger partial charge in [-0.2, -0.15) is 5.10 Å². The number of hydrogen-bond donors (Lipinski definition) is 2. The minimum atomic E-state index is 0.428. The molecule has 0 aromatic rings. The molecule has 0 fully saturated rings. The molecule has 0 spiro atoms. The van der Waals surface area contributed by atoms with Crippen molar-refractivity contribution in [1.82, 2.24) is 16.1 Å². The molecule has 46 valence electrons. The van der Waals surface area contributed by atoms with E-state index in [1.165, 1.54) is 0 Å². The summed E-state index contributed by atoms with van der Waals surface area (Å²) in [5, 5.41) is 5.53. The third-order valence-electron chi connectivity index (χ3n) is 0.943. The number of rotatable bonds is 1. The van der Waals surface area contributed by atoms with Gasteiger partial charge >= 0.3 is 0 Å². The van der Waals surface area contributed by atoms with Gasteiger partial charge in [0.15, 0.2) is 0 Å². The smallest absolute Gasteiger partial charge is 0.126 e. The lowest BCUT2D eigenvalue weighted by atomic mass is 10.4. The highest BCUT2D eigenvalue weighted by atomic mass is 15.9. The highest BCUT2D eigenvalue weighted by Gasteiger charge is 2.07. The predicted octanol–water partition coefficient (Wildman–Crippen LogP) is -0.337. The summed E-state index contributed by atoms with van der Waals surface area (Å²) in [6.07, 6.45) is 1.61. The highest BCUT2D eigenvalue weighted by molar-refractivity contribution is 5.54. The second-order valence-corrected chi connectivity index (χ2v) is 1.95. The first-order valence-corrected chi connectivity index (χ1v) is 2.63. The monoisotopic (exact) mass is 114 g/mol. The van der Waals surface area contributed by atoms with Crippen LogP contribution in [0.15, 0.2) is 5.10 Å².